The molecule has 2 nitrogen and oxygen atoms in total. The van der Waals surface area contributed by atoms with Crippen molar-refractivity contribution in [2.45, 2.75) is 11.3 Å². The van der Waals surface area contributed by atoms with Crippen molar-refractivity contribution in [3.63, 3.8) is 0 Å². The van der Waals surface area contributed by atoms with Crippen LogP contribution in [0.1, 0.15) is 6.42 Å². The number of hydrogen-bond acceptors (Lipinski definition) is 3. The van der Waals surface area contributed by atoms with Gasteiger partial charge in [0.25, 0.3) is 0 Å². The number of nitrogens with two attached hydrogens (primary N) is 1. The molecule has 0 saturated carbocycles. The van der Waals surface area contributed by atoms with Crippen LogP contribution in [0.15, 0.2) is 23.1 Å². The van der Waals surface area contributed by atoms with Crippen molar-refractivity contribution in [2.24, 2.45) is 5.92 Å². The second kappa shape index (κ2) is 4.86. The van der Waals surface area contributed by atoms with Crippen LogP contribution in [0.4, 0.5) is 10.1 Å². The van der Waals surface area contributed by atoms with Crippen LogP contribution in [-0.4, -0.2) is 19.0 Å². The lowest BCUT2D eigenvalue weighted by molar-refractivity contribution is 0.189. The molecule has 1 aromatic rings. The van der Waals surface area contributed by atoms with E-state index >= 15 is 0 Å². The number of ether oxygens (including phenoxy) is 1. The molecule has 15 heavy (non-hydrogen) atoms. The fourth-order valence-electron chi connectivity index (χ4n) is 1.53. The Morgan fingerprint density at radius 3 is 3.07 bits per heavy atom. The van der Waals surface area contributed by atoms with Gasteiger partial charge in [-0.15, -0.1) is 11.8 Å². The molecule has 82 valence electrons. The quantitative estimate of drug-likeness (QED) is 0.636. The van der Waals surface area contributed by atoms with Gasteiger partial charge >= 0.3 is 0 Å². The van der Waals surface area contributed by atoms with Crippen molar-refractivity contribution in [2.75, 3.05) is 24.7 Å². The van der Waals surface area contributed by atoms with E-state index in [4.69, 9.17) is 10.5 Å². The van der Waals surface area contributed by atoms with Gasteiger partial charge in [-0.25, -0.2) is 4.39 Å². The minimum atomic E-state index is -0.331. The van der Waals surface area contributed by atoms with Crippen molar-refractivity contribution in [1.82, 2.24) is 0 Å². The summed E-state index contributed by atoms with van der Waals surface area (Å²) >= 11 is 1.66. The zero-order valence-corrected chi connectivity index (χ0v) is 9.23. The molecule has 1 aromatic carbocycles. The van der Waals surface area contributed by atoms with Crippen LogP contribution in [0.25, 0.3) is 0 Å². The maximum Gasteiger partial charge on any atom is 0.147 e. The molecular weight excluding hydrogens is 213 g/mol. The summed E-state index contributed by atoms with van der Waals surface area (Å²) in [4.78, 5) is 0.939. The standard InChI is InChI=1S/C11H14FNOS/c12-10-5-9(1-2-11(10)13)15-7-8-3-4-14-6-8/h1-2,5,8H,3-4,6-7,13H2. The fourth-order valence-corrected chi connectivity index (χ4v) is 2.57. The predicted octanol–water partition coefficient (Wildman–Crippen LogP) is 2.54. The van der Waals surface area contributed by atoms with Gasteiger partial charge in [-0.1, -0.05) is 0 Å². The number of hydrogen-bond donors (Lipinski definition) is 1. The molecule has 0 spiro atoms. The lowest BCUT2D eigenvalue weighted by Gasteiger charge is -2.07. The third-order valence-corrected chi connectivity index (χ3v) is 3.71. The Bertz CT molecular complexity index is 339. The average molecular weight is 227 g/mol. The lowest BCUT2D eigenvalue weighted by Crippen LogP contribution is -2.02. The van der Waals surface area contributed by atoms with E-state index in [1.165, 1.54) is 6.07 Å². The zero-order chi connectivity index (χ0) is 10.7. The highest BCUT2D eigenvalue weighted by Gasteiger charge is 2.15. The predicted molar refractivity (Wildman–Crippen MR) is 60.5 cm³/mol. The number of rotatable bonds is 3. The summed E-state index contributed by atoms with van der Waals surface area (Å²) in [6.07, 6.45) is 1.12. The number of benzene rings is 1. The molecule has 1 unspecified atom stereocenters. The highest BCUT2D eigenvalue weighted by molar-refractivity contribution is 7.99. The molecule has 0 amide bonds. The molecule has 2 rings (SSSR count). The topological polar surface area (TPSA) is 35.2 Å². The van der Waals surface area contributed by atoms with Crippen LogP contribution in [-0.2, 0) is 4.74 Å². The summed E-state index contributed by atoms with van der Waals surface area (Å²) in [7, 11) is 0. The van der Waals surface area contributed by atoms with Gasteiger partial charge in [-0.3, -0.25) is 0 Å². The number of anilines is 1. The van der Waals surface area contributed by atoms with E-state index in [1.54, 1.807) is 17.8 Å². The second-order valence-corrected chi connectivity index (χ2v) is 4.82. The van der Waals surface area contributed by atoms with E-state index in [0.29, 0.717) is 5.92 Å². The summed E-state index contributed by atoms with van der Waals surface area (Å²) in [6.45, 7) is 1.70. The van der Waals surface area contributed by atoms with Crippen molar-refractivity contribution in [3.8, 4) is 0 Å². The van der Waals surface area contributed by atoms with Gasteiger partial charge in [0.1, 0.15) is 5.82 Å². The van der Waals surface area contributed by atoms with Gasteiger partial charge in [0.05, 0.1) is 12.3 Å². The monoisotopic (exact) mass is 227 g/mol. The summed E-state index contributed by atoms with van der Waals surface area (Å²) in [5.74, 6) is 1.27. The van der Waals surface area contributed by atoms with Gasteiger partial charge in [0.2, 0.25) is 0 Å². The van der Waals surface area contributed by atoms with E-state index < -0.39 is 0 Å². The van der Waals surface area contributed by atoms with E-state index in [9.17, 15) is 4.39 Å². The Kier molecular flexibility index (Phi) is 3.49. The molecule has 4 heteroatoms. The highest BCUT2D eigenvalue weighted by atomic mass is 32.2. The Morgan fingerprint density at radius 1 is 1.53 bits per heavy atom. The Morgan fingerprint density at radius 2 is 2.40 bits per heavy atom. The van der Waals surface area contributed by atoms with Gasteiger partial charge in [0.15, 0.2) is 0 Å². The van der Waals surface area contributed by atoms with Gasteiger partial charge < -0.3 is 10.5 Å². The Labute approximate surface area is 93.0 Å². The first kappa shape index (κ1) is 10.8. The number of nitrogen functional groups attached to an aromatic ring is 1. The van der Waals surface area contributed by atoms with Crippen LogP contribution in [0.5, 0.6) is 0 Å². The SMILES string of the molecule is Nc1ccc(SCC2CCOC2)cc1F. The minimum Gasteiger partial charge on any atom is -0.396 e. The van der Waals surface area contributed by atoms with Crippen LogP contribution < -0.4 is 5.73 Å². The molecule has 0 aliphatic carbocycles. The molecule has 1 aliphatic rings. The first-order chi connectivity index (χ1) is 7.25. The largest absolute Gasteiger partial charge is 0.396 e. The molecule has 0 radical (unpaired) electrons. The third-order valence-electron chi connectivity index (χ3n) is 2.48. The Hall–Kier alpha value is -0.740. The van der Waals surface area contributed by atoms with Crippen LogP contribution in [0, 0.1) is 11.7 Å². The van der Waals surface area contributed by atoms with Crippen LogP contribution in [0.2, 0.25) is 0 Å². The molecule has 1 heterocycles. The molecule has 1 fully saturated rings. The van der Waals surface area contributed by atoms with E-state index in [2.05, 4.69) is 0 Å². The maximum absolute atomic E-state index is 13.1. The highest BCUT2D eigenvalue weighted by Crippen LogP contribution is 2.26. The first-order valence-corrected chi connectivity index (χ1v) is 6.00. The smallest absolute Gasteiger partial charge is 0.147 e. The zero-order valence-electron chi connectivity index (χ0n) is 8.41. The summed E-state index contributed by atoms with van der Waals surface area (Å²) < 4.78 is 18.4. The lowest BCUT2D eigenvalue weighted by atomic mass is 10.2. The third kappa shape index (κ3) is 2.86. The molecule has 0 aromatic heterocycles. The minimum absolute atomic E-state index is 0.212. The number of halogens is 1. The van der Waals surface area contributed by atoms with Crippen LogP contribution in [0.3, 0.4) is 0 Å². The van der Waals surface area contributed by atoms with Crippen LogP contribution >= 0.6 is 11.8 Å². The normalized spacial score (nSPS) is 20.7. The first-order valence-electron chi connectivity index (χ1n) is 5.01. The maximum atomic E-state index is 13.1. The van der Waals surface area contributed by atoms with Crippen molar-refractivity contribution in [1.29, 1.82) is 0 Å². The van der Waals surface area contributed by atoms with Crippen molar-refractivity contribution in [3.05, 3.63) is 24.0 Å². The Balaban J connectivity index is 1.90. The van der Waals surface area contributed by atoms with Gasteiger partial charge in [-0.05, 0) is 30.5 Å². The summed E-state index contributed by atoms with van der Waals surface area (Å²) in [6, 6.07) is 4.97. The molecule has 2 N–H and O–H groups in total. The van der Waals surface area contributed by atoms with Gasteiger partial charge in [-0.2, -0.15) is 0 Å². The van der Waals surface area contributed by atoms with Crippen molar-refractivity contribution >= 4 is 17.4 Å². The van der Waals surface area contributed by atoms with E-state index in [-0.39, 0.29) is 11.5 Å². The van der Waals surface area contributed by atoms with E-state index in [0.717, 1.165) is 30.3 Å². The molecule has 1 aliphatic heterocycles. The summed E-state index contributed by atoms with van der Waals surface area (Å²) in [5, 5.41) is 0. The van der Waals surface area contributed by atoms with Crippen molar-refractivity contribution < 1.29 is 9.13 Å². The summed E-state index contributed by atoms with van der Waals surface area (Å²) in [5.41, 5.74) is 5.61. The second-order valence-electron chi connectivity index (χ2n) is 3.72. The average Bonchev–Trinajstić information content (AvgIpc) is 2.73. The molecule has 1 saturated heterocycles. The molecule has 0 bridgehead atoms. The molecular formula is C11H14FNOS. The molecule has 1 atom stereocenters. The van der Waals surface area contributed by atoms with E-state index in [1.807, 2.05) is 6.07 Å². The van der Waals surface area contributed by atoms with Gasteiger partial charge in [0, 0.05) is 17.3 Å². The fraction of sp³-hybridized carbons (Fsp3) is 0.455. The number of thioether (sulfide) groups is 1.